The van der Waals surface area contributed by atoms with E-state index < -0.39 is 10.0 Å². The minimum atomic E-state index is -3.17. The van der Waals surface area contributed by atoms with Gasteiger partial charge < -0.3 is 4.90 Å². The molecule has 0 unspecified atom stereocenters. The summed E-state index contributed by atoms with van der Waals surface area (Å²) in [6.45, 7) is 5.79. The summed E-state index contributed by atoms with van der Waals surface area (Å²) in [5.41, 5.74) is 0.915. The Hall–Kier alpha value is -0.990. The van der Waals surface area contributed by atoms with Crippen LogP contribution in [-0.2, 0) is 21.2 Å². The average Bonchev–Trinajstić information content (AvgIpc) is 2.60. The van der Waals surface area contributed by atoms with Crippen LogP contribution in [-0.4, -0.2) is 60.9 Å². The second-order valence-corrected chi connectivity index (χ2v) is 8.58. The minimum Gasteiger partial charge on any atom is -0.341 e. The van der Waals surface area contributed by atoms with Crippen molar-refractivity contribution in [3.8, 4) is 0 Å². The van der Waals surface area contributed by atoms with Gasteiger partial charge in [-0.05, 0) is 20.3 Å². The third-order valence-electron chi connectivity index (χ3n) is 3.59. The van der Waals surface area contributed by atoms with E-state index in [1.165, 1.54) is 10.6 Å². The number of aromatic nitrogens is 1. The zero-order chi connectivity index (χ0) is 15.6. The third-order valence-corrected chi connectivity index (χ3v) is 5.96. The van der Waals surface area contributed by atoms with Crippen molar-refractivity contribution >= 4 is 27.3 Å². The van der Waals surface area contributed by atoms with Crippen molar-refractivity contribution in [1.82, 2.24) is 14.2 Å². The van der Waals surface area contributed by atoms with E-state index in [1.54, 1.807) is 16.2 Å². The van der Waals surface area contributed by atoms with E-state index in [4.69, 9.17) is 0 Å². The number of carbonyl (C=O) groups is 1. The van der Waals surface area contributed by atoms with Crippen LogP contribution in [0.5, 0.6) is 0 Å². The normalized spacial score (nSPS) is 17.8. The molecule has 0 atom stereocenters. The maximum Gasteiger partial charge on any atom is 0.227 e. The quantitative estimate of drug-likeness (QED) is 0.821. The number of thiazole rings is 1. The van der Waals surface area contributed by atoms with Gasteiger partial charge in [-0.1, -0.05) is 0 Å². The second-order valence-electron chi connectivity index (χ2n) is 5.31. The van der Waals surface area contributed by atoms with Gasteiger partial charge in [0.05, 0.1) is 23.4 Å². The van der Waals surface area contributed by atoms with Gasteiger partial charge in [-0.25, -0.2) is 17.7 Å². The first kappa shape index (κ1) is 16.4. The van der Waals surface area contributed by atoms with Crippen LogP contribution in [0.15, 0.2) is 0 Å². The van der Waals surface area contributed by atoms with Crippen LogP contribution in [0.4, 0.5) is 0 Å². The van der Waals surface area contributed by atoms with E-state index in [0.717, 1.165) is 15.6 Å². The Morgan fingerprint density at radius 3 is 2.52 bits per heavy atom. The highest BCUT2D eigenvalue weighted by Crippen LogP contribution is 2.19. The van der Waals surface area contributed by atoms with Crippen LogP contribution < -0.4 is 0 Å². The highest BCUT2D eigenvalue weighted by molar-refractivity contribution is 7.88. The van der Waals surface area contributed by atoms with Crippen LogP contribution in [0, 0.1) is 13.8 Å². The summed E-state index contributed by atoms with van der Waals surface area (Å²) in [4.78, 5) is 19.5. The molecule has 1 fully saturated rings. The van der Waals surface area contributed by atoms with Gasteiger partial charge in [-0.3, -0.25) is 4.79 Å². The Bertz CT molecular complexity index is 625. The predicted molar refractivity (Wildman–Crippen MR) is 82.9 cm³/mol. The number of hydrogen-bond donors (Lipinski definition) is 0. The lowest BCUT2D eigenvalue weighted by atomic mass is 10.2. The molecule has 1 saturated heterocycles. The van der Waals surface area contributed by atoms with E-state index >= 15 is 0 Å². The number of carbonyl (C=O) groups excluding carboxylic acids is 1. The molecule has 1 aromatic heterocycles. The van der Waals surface area contributed by atoms with Crippen molar-refractivity contribution in [2.45, 2.75) is 26.7 Å². The Labute approximate surface area is 129 Å². The number of aryl methyl sites for hydroxylation is 2. The van der Waals surface area contributed by atoms with E-state index in [-0.39, 0.29) is 5.91 Å². The summed E-state index contributed by atoms with van der Waals surface area (Å²) >= 11 is 1.55. The van der Waals surface area contributed by atoms with Crippen LogP contribution in [0.2, 0.25) is 0 Å². The Kier molecular flexibility index (Phi) is 5.00. The van der Waals surface area contributed by atoms with Crippen LogP contribution in [0.1, 0.15) is 22.0 Å². The van der Waals surface area contributed by atoms with Crippen LogP contribution >= 0.6 is 11.3 Å². The lowest BCUT2D eigenvalue weighted by Gasteiger charge is -2.20. The fourth-order valence-electron chi connectivity index (χ4n) is 2.46. The molecule has 21 heavy (non-hydrogen) atoms. The second kappa shape index (κ2) is 6.41. The summed E-state index contributed by atoms with van der Waals surface area (Å²) in [6, 6.07) is 0. The molecule has 0 aromatic carbocycles. The van der Waals surface area contributed by atoms with Gasteiger partial charge in [-0.2, -0.15) is 0 Å². The van der Waals surface area contributed by atoms with E-state index in [1.807, 2.05) is 13.8 Å². The minimum absolute atomic E-state index is 0.0529. The van der Waals surface area contributed by atoms with Gasteiger partial charge in [0.2, 0.25) is 15.9 Å². The molecule has 0 saturated carbocycles. The molecule has 0 spiro atoms. The highest BCUT2D eigenvalue weighted by Gasteiger charge is 2.24. The molecular formula is C13H21N3O3S2. The zero-order valence-electron chi connectivity index (χ0n) is 12.6. The van der Waals surface area contributed by atoms with Crippen molar-refractivity contribution in [2.24, 2.45) is 0 Å². The monoisotopic (exact) mass is 331 g/mol. The number of hydrogen-bond acceptors (Lipinski definition) is 5. The number of sulfonamides is 1. The fourth-order valence-corrected chi connectivity index (χ4v) is 4.26. The van der Waals surface area contributed by atoms with Crippen molar-refractivity contribution in [3.05, 3.63) is 15.6 Å². The predicted octanol–water partition coefficient (Wildman–Crippen LogP) is 0.796. The summed E-state index contributed by atoms with van der Waals surface area (Å²) in [7, 11) is -3.17. The standard InChI is InChI=1S/C13H21N3O3S2/c1-10-12(20-11(2)14-10)9-13(17)15-5-4-6-16(8-7-15)21(3,18)19/h4-9H2,1-3H3. The molecule has 118 valence electrons. The SMILES string of the molecule is Cc1nc(C)c(CC(=O)N2CCCN(S(C)(=O)=O)CC2)s1. The Morgan fingerprint density at radius 2 is 1.95 bits per heavy atom. The third kappa shape index (κ3) is 4.24. The molecule has 1 amide bonds. The molecule has 0 aliphatic carbocycles. The molecule has 6 nitrogen and oxygen atoms in total. The molecule has 1 aromatic rings. The van der Waals surface area contributed by atoms with Gasteiger partial charge in [-0.15, -0.1) is 11.3 Å². The van der Waals surface area contributed by atoms with E-state index in [9.17, 15) is 13.2 Å². The number of amides is 1. The van der Waals surface area contributed by atoms with Gasteiger partial charge in [0.15, 0.2) is 0 Å². The Balaban J connectivity index is 1.99. The number of nitrogens with zero attached hydrogens (tertiary/aromatic N) is 3. The summed E-state index contributed by atoms with van der Waals surface area (Å²) in [6.07, 6.45) is 2.25. The molecule has 0 radical (unpaired) electrons. The first-order valence-corrected chi connectivity index (χ1v) is 9.59. The first-order valence-electron chi connectivity index (χ1n) is 6.93. The summed E-state index contributed by atoms with van der Waals surface area (Å²) in [5, 5.41) is 0.967. The van der Waals surface area contributed by atoms with Gasteiger partial charge in [0, 0.05) is 31.1 Å². The Morgan fingerprint density at radius 1 is 1.24 bits per heavy atom. The van der Waals surface area contributed by atoms with Gasteiger partial charge >= 0.3 is 0 Å². The molecule has 2 rings (SSSR count). The fraction of sp³-hybridized carbons (Fsp3) is 0.692. The lowest BCUT2D eigenvalue weighted by molar-refractivity contribution is -0.130. The highest BCUT2D eigenvalue weighted by atomic mass is 32.2. The summed E-state index contributed by atoms with van der Waals surface area (Å²) < 4.78 is 24.6. The number of rotatable bonds is 3. The van der Waals surface area contributed by atoms with Crippen molar-refractivity contribution in [1.29, 1.82) is 0 Å². The maximum atomic E-state index is 12.4. The van der Waals surface area contributed by atoms with Crippen molar-refractivity contribution in [2.75, 3.05) is 32.4 Å². The first-order chi connectivity index (χ1) is 9.77. The maximum absolute atomic E-state index is 12.4. The van der Waals surface area contributed by atoms with Crippen molar-refractivity contribution in [3.63, 3.8) is 0 Å². The molecular weight excluding hydrogens is 310 g/mol. The smallest absolute Gasteiger partial charge is 0.227 e. The van der Waals surface area contributed by atoms with Gasteiger partial charge in [0.1, 0.15) is 0 Å². The molecule has 8 heteroatoms. The molecule has 1 aliphatic heterocycles. The molecule has 2 heterocycles. The average molecular weight is 331 g/mol. The molecule has 0 N–H and O–H groups in total. The van der Waals surface area contributed by atoms with Crippen molar-refractivity contribution < 1.29 is 13.2 Å². The van der Waals surface area contributed by atoms with Gasteiger partial charge in [0.25, 0.3) is 0 Å². The van der Waals surface area contributed by atoms with E-state index in [2.05, 4.69) is 4.98 Å². The van der Waals surface area contributed by atoms with E-state index in [0.29, 0.717) is 39.0 Å². The summed E-state index contributed by atoms with van der Waals surface area (Å²) in [5.74, 6) is 0.0529. The molecule has 1 aliphatic rings. The zero-order valence-corrected chi connectivity index (χ0v) is 14.3. The van der Waals surface area contributed by atoms with Crippen LogP contribution in [0.3, 0.4) is 0 Å². The van der Waals surface area contributed by atoms with Crippen LogP contribution in [0.25, 0.3) is 0 Å². The topological polar surface area (TPSA) is 70.6 Å². The largest absolute Gasteiger partial charge is 0.341 e. The lowest BCUT2D eigenvalue weighted by Crippen LogP contribution is -2.37. The molecule has 0 bridgehead atoms.